The number of esters is 1. The average molecular weight is 421 g/mol. The summed E-state index contributed by atoms with van der Waals surface area (Å²) in [5, 5.41) is 3.21. The van der Waals surface area contributed by atoms with Crippen LogP contribution in [-0.2, 0) is 20.7 Å². The van der Waals surface area contributed by atoms with Crippen LogP contribution < -0.4 is 10.9 Å². The van der Waals surface area contributed by atoms with Crippen molar-refractivity contribution in [1.82, 2.24) is 14.9 Å². The van der Waals surface area contributed by atoms with Gasteiger partial charge in [-0.1, -0.05) is 43.2 Å². The van der Waals surface area contributed by atoms with Crippen LogP contribution in [0.3, 0.4) is 0 Å². The molecule has 31 heavy (non-hydrogen) atoms. The Morgan fingerprint density at radius 3 is 2.58 bits per heavy atom. The summed E-state index contributed by atoms with van der Waals surface area (Å²) in [6.07, 6.45) is 2.08. The molecule has 1 N–H and O–H groups in total. The molecule has 0 saturated heterocycles. The van der Waals surface area contributed by atoms with Crippen molar-refractivity contribution in [2.75, 3.05) is 13.2 Å². The second-order valence-corrected chi connectivity index (χ2v) is 7.39. The van der Waals surface area contributed by atoms with E-state index in [4.69, 9.17) is 4.74 Å². The number of unbranched alkanes of at least 4 members (excludes halogenated alkanes) is 1. The van der Waals surface area contributed by atoms with Gasteiger partial charge in [0.05, 0.1) is 23.0 Å². The third-order valence-electron chi connectivity index (χ3n) is 4.91. The van der Waals surface area contributed by atoms with Crippen LogP contribution in [0, 0.1) is 6.92 Å². The van der Waals surface area contributed by atoms with Crippen LogP contribution >= 0.6 is 0 Å². The van der Waals surface area contributed by atoms with Crippen molar-refractivity contribution in [3.8, 4) is 5.69 Å². The number of benzene rings is 2. The number of fused-ring (bicyclic) bond motifs is 1. The van der Waals surface area contributed by atoms with E-state index in [1.165, 1.54) is 4.57 Å². The molecular weight excluding hydrogens is 394 g/mol. The molecule has 0 aliphatic carbocycles. The minimum Gasteiger partial charge on any atom is -0.456 e. The van der Waals surface area contributed by atoms with Crippen LogP contribution in [0.25, 0.3) is 16.6 Å². The van der Waals surface area contributed by atoms with Crippen molar-refractivity contribution in [2.24, 2.45) is 0 Å². The molecule has 7 heteroatoms. The van der Waals surface area contributed by atoms with Crippen molar-refractivity contribution in [3.05, 3.63) is 70.3 Å². The van der Waals surface area contributed by atoms with E-state index >= 15 is 0 Å². The third-order valence-corrected chi connectivity index (χ3v) is 4.91. The number of nitrogens with one attached hydrogen (secondary N) is 1. The third kappa shape index (κ3) is 5.78. The number of hydrogen-bond donors (Lipinski definition) is 1. The first-order valence-electron chi connectivity index (χ1n) is 10.5. The number of aromatic nitrogens is 2. The first-order valence-corrected chi connectivity index (χ1v) is 10.5. The van der Waals surface area contributed by atoms with Gasteiger partial charge in [-0.25, -0.2) is 4.98 Å². The van der Waals surface area contributed by atoms with Crippen molar-refractivity contribution < 1.29 is 14.3 Å². The lowest BCUT2D eigenvalue weighted by molar-refractivity contribution is -0.148. The second kappa shape index (κ2) is 10.5. The molecule has 0 aliphatic rings. The maximum atomic E-state index is 13.2. The van der Waals surface area contributed by atoms with E-state index in [9.17, 15) is 14.4 Å². The number of carbonyl (C=O) groups excluding carboxylic acids is 2. The number of rotatable bonds is 9. The molecule has 1 heterocycles. The fraction of sp³-hybridized carbons (Fsp3) is 0.333. The van der Waals surface area contributed by atoms with Gasteiger partial charge < -0.3 is 10.1 Å². The molecule has 1 aromatic heterocycles. The predicted molar refractivity (Wildman–Crippen MR) is 119 cm³/mol. The zero-order chi connectivity index (χ0) is 22.2. The quantitative estimate of drug-likeness (QED) is 0.424. The molecule has 0 aliphatic heterocycles. The lowest BCUT2D eigenvalue weighted by Crippen LogP contribution is -2.29. The highest BCUT2D eigenvalue weighted by atomic mass is 16.5. The van der Waals surface area contributed by atoms with Gasteiger partial charge in [0.1, 0.15) is 5.82 Å². The Labute approximate surface area is 181 Å². The molecule has 0 unspecified atom stereocenters. The Kier molecular flexibility index (Phi) is 7.54. The van der Waals surface area contributed by atoms with Crippen LogP contribution in [0.1, 0.15) is 37.6 Å². The summed E-state index contributed by atoms with van der Waals surface area (Å²) in [5.74, 6) is -0.359. The van der Waals surface area contributed by atoms with E-state index in [0.29, 0.717) is 29.0 Å². The number of amides is 1. The minimum atomic E-state index is -0.511. The van der Waals surface area contributed by atoms with Crippen LogP contribution in [0.4, 0.5) is 0 Å². The molecule has 0 saturated carbocycles. The fourth-order valence-corrected chi connectivity index (χ4v) is 3.19. The predicted octanol–water partition coefficient (Wildman–Crippen LogP) is 3.09. The molecule has 2 aromatic carbocycles. The Hall–Kier alpha value is -3.48. The monoisotopic (exact) mass is 421 g/mol. The summed E-state index contributed by atoms with van der Waals surface area (Å²) in [6, 6.07) is 14.7. The molecule has 0 bridgehead atoms. The second-order valence-electron chi connectivity index (χ2n) is 7.39. The molecule has 0 spiro atoms. The van der Waals surface area contributed by atoms with Crippen molar-refractivity contribution in [1.29, 1.82) is 0 Å². The average Bonchev–Trinajstić information content (AvgIpc) is 2.77. The van der Waals surface area contributed by atoms with Gasteiger partial charge in [-0.15, -0.1) is 0 Å². The van der Waals surface area contributed by atoms with Crippen LogP contribution in [0.2, 0.25) is 0 Å². The smallest absolute Gasteiger partial charge is 0.306 e. The van der Waals surface area contributed by atoms with Crippen LogP contribution in [0.5, 0.6) is 0 Å². The molecule has 0 fully saturated rings. The Bertz CT molecular complexity index is 1120. The van der Waals surface area contributed by atoms with Gasteiger partial charge in [0.15, 0.2) is 6.61 Å². The molecular formula is C24H27N3O4. The molecule has 1 amide bonds. The van der Waals surface area contributed by atoms with Gasteiger partial charge in [-0.2, -0.15) is 0 Å². The lowest BCUT2D eigenvalue weighted by atomic mass is 10.2. The Balaban J connectivity index is 1.77. The normalized spacial score (nSPS) is 10.8. The van der Waals surface area contributed by atoms with Gasteiger partial charge in [0, 0.05) is 13.0 Å². The van der Waals surface area contributed by atoms with Gasteiger partial charge in [-0.3, -0.25) is 19.0 Å². The zero-order valence-corrected chi connectivity index (χ0v) is 17.9. The summed E-state index contributed by atoms with van der Waals surface area (Å²) in [4.78, 5) is 41.7. The first kappa shape index (κ1) is 22.2. The van der Waals surface area contributed by atoms with E-state index in [-0.39, 0.29) is 30.9 Å². The highest BCUT2D eigenvalue weighted by Gasteiger charge is 2.15. The van der Waals surface area contributed by atoms with Gasteiger partial charge in [-0.05, 0) is 37.6 Å². The summed E-state index contributed by atoms with van der Waals surface area (Å²) >= 11 is 0. The highest BCUT2D eigenvalue weighted by Crippen LogP contribution is 2.15. The topological polar surface area (TPSA) is 90.3 Å². The SMILES string of the molecule is CCCCNC(=O)COC(=O)CCc1nc2ccccc2c(=O)n1-c1ccc(C)cc1. The lowest BCUT2D eigenvalue weighted by Gasteiger charge is -2.14. The zero-order valence-electron chi connectivity index (χ0n) is 17.9. The van der Waals surface area contributed by atoms with E-state index < -0.39 is 5.97 Å². The molecule has 3 rings (SSSR count). The van der Waals surface area contributed by atoms with Gasteiger partial charge in [0.2, 0.25) is 0 Å². The number of aryl methyl sites for hydroxylation is 2. The van der Waals surface area contributed by atoms with E-state index in [0.717, 1.165) is 18.4 Å². The minimum absolute atomic E-state index is 0.0128. The number of nitrogens with zero attached hydrogens (tertiary/aromatic N) is 2. The summed E-state index contributed by atoms with van der Waals surface area (Å²) in [5.41, 5.74) is 2.16. The molecule has 7 nitrogen and oxygen atoms in total. The Morgan fingerprint density at radius 2 is 1.84 bits per heavy atom. The van der Waals surface area contributed by atoms with Crippen LogP contribution in [-0.4, -0.2) is 34.6 Å². The number of hydrogen-bond acceptors (Lipinski definition) is 5. The summed E-state index contributed by atoms with van der Waals surface area (Å²) in [7, 11) is 0. The maximum Gasteiger partial charge on any atom is 0.306 e. The molecule has 0 atom stereocenters. The summed E-state index contributed by atoms with van der Waals surface area (Å²) in [6.45, 7) is 4.26. The highest BCUT2D eigenvalue weighted by molar-refractivity contribution is 5.80. The molecule has 0 radical (unpaired) electrons. The van der Waals surface area contributed by atoms with E-state index in [1.54, 1.807) is 18.2 Å². The first-order chi connectivity index (χ1) is 15.0. The van der Waals surface area contributed by atoms with Gasteiger partial charge in [0.25, 0.3) is 11.5 Å². The van der Waals surface area contributed by atoms with E-state index in [2.05, 4.69) is 10.3 Å². The summed E-state index contributed by atoms with van der Waals surface area (Å²) < 4.78 is 6.60. The van der Waals surface area contributed by atoms with Crippen LogP contribution in [0.15, 0.2) is 53.3 Å². The van der Waals surface area contributed by atoms with Crippen molar-refractivity contribution in [3.63, 3.8) is 0 Å². The maximum absolute atomic E-state index is 13.2. The Morgan fingerprint density at radius 1 is 1.10 bits per heavy atom. The largest absolute Gasteiger partial charge is 0.456 e. The number of para-hydroxylation sites is 1. The molecule has 162 valence electrons. The van der Waals surface area contributed by atoms with Crippen molar-refractivity contribution in [2.45, 2.75) is 39.5 Å². The standard InChI is InChI=1S/C24H27N3O4/c1-3-4-15-25-22(28)16-31-23(29)14-13-21-26-20-8-6-5-7-19(20)24(30)27(21)18-11-9-17(2)10-12-18/h5-12H,3-4,13-16H2,1-2H3,(H,25,28). The fourth-order valence-electron chi connectivity index (χ4n) is 3.19. The van der Waals surface area contributed by atoms with Gasteiger partial charge >= 0.3 is 5.97 Å². The number of carbonyl (C=O) groups is 2. The van der Waals surface area contributed by atoms with Crippen molar-refractivity contribution >= 4 is 22.8 Å². The molecule has 3 aromatic rings. The van der Waals surface area contributed by atoms with E-state index in [1.807, 2.05) is 44.2 Å². The number of ether oxygens (including phenoxy) is 1.